The largest absolute Gasteiger partial charge is 0.360 e. The van der Waals surface area contributed by atoms with Crippen molar-refractivity contribution in [3.63, 3.8) is 0 Å². The lowest BCUT2D eigenvalue weighted by Crippen LogP contribution is -2.50. The summed E-state index contributed by atoms with van der Waals surface area (Å²) in [7, 11) is 0. The van der Waals surface area contributed by atoms with Crippen molar-refractivity contribution in [3.05, 3.63) is 11.8 Å². The van der Waals surface area contributed by atoms with Crippen molar-refractivity contribution in [2.24, 2.45) is 5.92 Å². The van der Waals surface area contributed by atoms with Gasteiger partial charge >= 0.3 is 0 Å². The first kappa shape index (κ1) is 17.9. The molecule has 1 aromatic rings. The second kappa shape index (κ2) is 7.99. The Hall–Kier alpha value is -1.89. The molecule has 1 aliphatic heterocycles. The molecule has 2 fully saturated rings. The first-order chi connectivity index (χ1) is 12.0. The number of carbonyl (C=O) groups excluding carboxylic acids is 2. The van der Waals surface area contributed by atoms with Crippen LogP contribution in [-0.2, 0) is 9.59 Å². The minimum atomic E-state index is -0.136. The first-order valence-electron chi connectivity index (χ1n) is 9.31. The number of likely N-dealkylation sites (tertiary alicyclic amines) is 1. The maximum absolute atomic E-state index is 12.4. The molecule has 0 spiro atoms. The maximum atomic E-state index is 12.4. The molecular formula is C18H28N4O3. The third kappa shape index (κ3) is 4.60. The van der Waals surface area contributed by atoms with E-state index in [1.54, 1.807) is 13.0 Å². The highest BCUT2D eigenvalue weighted by molar-refractivity contribution is 5.91. The van der Waals surface area contributed by atoms with Crippen LogP contribution in [-0.4, -0.2) is 47.0 Å². The second-order valence-corrected chi connectivity index (χ2v) is 7.29. The number of carbonyl (C=O) groups is 2. The van der Waals surface area contributed by atoms with Gasteiger partial charge in [-0.1, -0.05) is 18.0 Å². The summed E-state index contributed by atoms with van der Waals surface area (Å²) >= 11 is 0. The van der Waals surface area contributed by atoms with Crippen LogP contribution in [0.1, 0.15) is 51.2 Å². The highest BCUT2D eigenvalue weighted by atomic mass is 16.5. The predicted molar refractivity (Wildman–Crippen MR) is 94.0 cm³/mol. The molecule has 1 atom stereocenters. The summed E-state index contributed by atoms with van der Waals surface area (Å²) in [5.74, 6) is 1.20. The van der Waals surface area contributed by atoms with Crippen LogP contribution in [0.5, 0.6) is 0 Å². The summed E-state index contributed by atoms with van der Waals surface area (Å²) < 4.78 is 4.96. The molecule has 1 saturated carbocycles. The van der Waals surface area contributed by atoms with Crippen LogP contribution in [0.2, 0.25) is 0 Å². The minimum Gasteiger partial charge on any atom is -0.360 e. The molecule has 2 N–H and O–H groups in total. The molecule has 7 heteroatoms. The van der Waals surface area contributed by atoms with Crippen LogP contribution >= 0.6 is 0 Å². The van der Waals surface area contributed by atoms with Gasteiger partial charge < -0.3 is 15.2 Å². The Bertz CT molecular complexity index is 601. The lowest BCUT2D eigenvalue weighted by molar-refractivity contribution is -0.127. The Balaban J connectivity index is 1.44. The van der Waals surface area contributed by atoms with Crippen LogP contribution in [0.25, 0.3) is 0 Å². The molecule has 2 aliphatic rings. The van der Waals surface area contributed by atoms with Gasteiger partial charge in [-0.2, -0.15) is 0 Å². The van der Waals surface area contributed by atoms with Crippen LogP contribution in [0.4, 0.5) is 5.82 Å². The predicted octanol–water partition coefficient (Wildman–Crippen LogP) is 2.08. The Labute approximate surface area is 148 Å². The summed E-state index contributed by atoms with van der Waals surface area (Å²) in [6.45, 7) is 5.27. The van der Waals surface area contributed by atoms with Gasteiger partial charge in [-0.15, -0.1) is 0 Å². The first-order valence-corrected chi connectivity index (χ1v) is 9.31. The van der Waals surface area contributed by atoms with Gasteiger partial charge in [0.2, 0.25) is 11.8 Å². The summed E-state index contributed by atoms with van der Waals surface area (Å²) in [5.41, 5.74) is 0. The fourth-order valence-electron chi connectivity index (χ4n) is 3.76. The van der Waals surface area contributed by atoms with Crippen molar-refractivity contribution in [3.8, 4) is 0 Å². The molecule has 7 nitrogen and oxygen atoms in total. The van der Waals surface area contributed by atoms with Gasteiger partial charge in [0.15, 0.2) is 5.82 Å². The zero-order valence-corrected chi connectivity index (χ0v) is 15.1. The molecule has 0 unspecified atom stereocenters. The number of rotatable bonds is 5. The van der Waals surface area contributed by atoms with Gasteiger partial charge in [0, 0.05) is 18.0 Å². The van der Waals surface area contributed by atoms with Gasteiger partial charge in [0.05, 0.1) is 6.04 Å². The van der Waals surface area contributed by atoms with Gasteiger partial charge in [-0.25, -0.2) is 0 Å². The van der Waals surface area contributed by atoms with E-state index in [1.165, 1.54) is 12.8 Å². The number of nitrogens with one attached hydrogen (secondary N) is 2. The van der Waals surface area contributed by atoms with E-state index < -0.39 is 0 Å². The number of aryl methyl sites for hydroxylation is 1. The Morgan fingerprint density at radius 3 is 2.52 bits per heavy atom. The van der Waals surface area contributed by atoms with E-state index in [-0.39, 0.29) is 23.8 Å². The lowest BCUT2D eigenvalue weighted by Gasteiger charge is -2.35. The smallest absolute Gasteiger partial charge is 0.237 e. The standard InChI is InChI=1S/C18H28N4O3/c1-12-11-16(21-25-12)20-18(24)14-7-9-22(10-8-14)13(2)17(23)19-15-5-3-4-6-15/h11,13-15H,3-10H2,1-2H3,(H,19,23)(H,20,21,24)/t13-/m1/s1. The molecule has 0 bridgehead atoms. The molecule has 1 aliphatic carbocycles. The molecular weight excluding hydrogens is 320 g/mol. The van der Waals surface area contributed by atoms with Crippen molar-refractivity contribution < 1.29 is 14.1 Å². The molecule has 3 rings (SSSR count). The average Bonchev–Trinajstić information content (AvgIpc) is 3.26. The fourth-order valence-corrected chi connectivity index (χ4v) is 3.76. The summed E-state index contributed by atoms with van der Waals surface area (Å²) in [6.07, 6.45) is 6.13. The summed E-state index contributed by atoms with van der Waals surface area (Å²) in [5, 5.41) is 9.77. The number of piperidine rings is 1. The quantitative estimate of drug-likeness (QED) is 0.851. The van der Waals surface area contributed by atoms with Crippen molar-refractivity contribution in [2.45, 2.75) is 64.5 Å². The molecule has 0 radical (unpaired) electrons. The van der Waals surface area contributed by atoms with Gasteiger partial charge in [-0.05, 0) is 52.6 Å². The van der Waals surface area contributed by atoms with Crippen molar-refractivity contribution in [2.75, 3.05) is 18.4 Å². The van der Waals surface area contributed by atoms with E-state index in [2.05, 4.69) is 20.7 Å². The van der Waals surface area contributed by atoms with E-state index in [0.717, 1.165) is 38.8 Å². The topological polar surface area (TPSA) is 87.5 Å². The Kier molecular flexibility index (Phi) is 5.73. The van der Waals surface area contributed by atoms with E-state index in [9.17, 15) is 9.59 Å². The second-order valence-electron chi connectivity index (χ2n) is 7.29. The highest BCUT2D eigenvalue weighted by Gasteiger charge is 2.31. The van der Waals surface area contributed by atoms with Crippen molar-refractivity contribution >= 4 is 17.6 Å². The van der Waals surface area contributed by atoms with E-state index in [1.807, 2.05) is 6.92 Å². The number of hydrogen-bond acceptors (Lipinski definition) is 5. The van der Waals surface area contributed by atoms with Crippen LogP contribution in [0.15, 0.2) is 10.6 Å². The molecule has 25 heavy (non-hydrogen) atoms. The fraction of sp³-hybridized carbons (Fsp3) is 0.722. The average molecular weight is 348 g/mol. The Morgan fingerprint density at radius 2 is 1.92 bits per heavy atom. The molecule has 2 amide bonds. The van der Waals surface area contributed by atoms with Crippen molar-refractivity contribution in [1.82, 2.24) is 15.4 Å². The lowest BCUT2D eigenvalue weighted by atomic mass is 9.95. The summed E-state index contributed by atoms with van der Waals surface area (Å²) in [4.78, 5) is 26.9. The molecule has 1 aromatic heterocycles. The van der Waals surface area contributed by atoms with Crippen LogP contribution < -0.4 is 10.6 Å². The molecule has 2 heterocycles. The van der Waals surface area contributed by atoms with Crippen molar-refractivity contribution in [1.29, 1.82) is 0 Å². The zero-order valence-electron chi connectivity index (χ0n) is 15.1. The third-order valence-electron chi connectivity index (χ3n) is 5.41. The molecule has 1 saturated heterocycles. The SMILES string of the molecule is Cc1cc(NC(=O)C2CCN([C@H](C)C(=O)NC3CCCC3)CC2)no1. The van der Waals surface area contributed by atoms with E-state index in [0.29, 0.717) is 17.6 Å². The number of amides is 2. The van der Waals surface area contributed by atoms with Gasteiger partial charge in [0.1, 0.15) is 5.76 Å². The minimum absolute atomic E-state index is 0.0176. The van der Waals surface area contributed by atoms with Crippen LogP contribution in [0, 0.1) is 12.8 Å². The van der Waals surface area contributed by atoms with Gasteiger partial charge in [0.25, 0.3) is 0 Å². The maximum Gasteiger partial charge on any atom is 0.237 e. The Morgan fingerprint density at radius 1 is 1.24 bits per heavy atom. The summed E-state index contributed by atoms with van der Waals surface area (Å²) in [6, 6.07) is 1.93. The zero-order chi connectivity index (χ0) is 17.8. The monoisotopic (exact) mass is 348 g/mol. The number of hydrogen-bond donors (Lipinski definition) is 2. The van der Waals surface area contributed by atoms with E-state index >= 15 is 0 Å². The number of nitrogens with zero attached hydrogens (tertiary/aromatic N) is 2. The van der Waals surface area contributed by atoms with Crippen LogP contribution in [0.3, 0.4) is 0 Å². The van der Waals surface area contributed by atoms with E-state index in [4.69, 9.17) is 4.52 Å². The molecule has 0 aromatic carbocycles. The van der Waals surface area contributed by atoms with Gasteiger partial charge in [-0.3, -0.25) is 14.5 Å². The molecule has 138 valence electrons. The third-order valence-corrected chi connectivity index (χ3v) is 5.41. The highest BCUT2D eigenvalue weighted by Crippen LogP contribution is 2.22. The number of anilines is 1. The number of aromatic nitrogens is 1. The normalized spacial score (nSPS) is 21.2.